The van der Waals surface area contributed by atoms with E-state index in [1.807, 2.05) is 4.90 Å². The lowest BCUT2D eigenvalue weighted by atomic mass is 9.82. The number of carbonyl (C=O) groups excluding carboxylic acids is 1. The van der Waals surface area contributed by atoms with Crippen molar-refractivity contribution in [3.63, 3.8) is 0 Å². The van der Waals surface area contributed by atoms with E-state index in [-0.39, 0.29) is 17.3 Å². The fraction of sp³-hybridized carbons (Fsp3) is 0.533. The molecule has 3 rings (SSSR count). The highest BCUT2D eigenvalue weighted by atomic mass is 16.4. The summed E-state index contributed by atoms with van der Waals surface area (Å²) in [7, 11) is 0. The van der Waals surface area contributed by atoms with Gasteiger partial charge in [-0.15, -0.1) is 0 Å². The van der Waals surface area contributed by atoms with Gasteiger partial charge in [-0.1, -0.05) is 18.9 Å². The van der Waals surface area contributed by atoms with Crippen molar-refractivity contribution in [3.05, 3.63) is 29.6 Å². The minimum absolute atomic E-state index is 0.0764. The minimum Gasteiger partial charge on any atom is -0.477 e. The Balaban J connectivity index is 1.76. The third-order valence-electron chi connectivity index (χ3n) is 4.45. The highest BCUT2D eigenvalue weighted by Crippen LogP contribution is 2.36. The van der Waals surface area contributed by atoms with Crippen molar-refractivity contribution in [3.8, 4) is 0 Å². The van der Waals surface area contributed by atoms with Crippen molar-refractivity contribution >= 4 is 11.9 Å². The lowest BCUT2D eigenvalue weighted by Crippen LogP contribution is -2.30. The predicted molar refractivity (Wildman–Crippen MR) is 72.5 cm³/mol. The molecule has 0 aromatic carbocycles. The van der Waals surface area contributed by atoms with Gasteiger partial charge in [-0.25, -0.2) is 9.78 Å². The number of rotatable bonds is 2. The summed E-state index contributed by atoms with van der Waals surface area (Å²) in [4.78, 5) is 29.1. The molecule has 2 heterocycles. The molecule has 2 atom stereocenters. The number of carbonyl (C=O) groups is 2. The lowest BCUT2D eigenvalue weighted by molar-refractivity contribution is 0.0690. The van der Waals surface area contributed by atoms with E-state index in [1.165, 1.54) is 31.7 Å². The molecule has 2 fully saturated rings. The summed E-state index contributed by atoms with van der Waals surface area (Å²) in [6, 6.07) is 4.58. The van der Waals surface area contributed by atoms with E-state index >= 15 is 0 Å². The van der Waals surface area contributed by atoms with Crippen LogP contribution in [0.2, 0.25) is 0 Å². The van der Waals surface area contributed by atoms with E-state index in [0.29, 0.717) is 11.8 Å². The third kappa shape index (κ3) is 2.40. The molecule has 0 radical (unpaired) electrons. The Bertz CT molecular complexity index is 530. The van der Waals surface area contributed by atoms with Crippen molar-refractivity contribution in [1.82, 2.24) is 9.88 Å². The molecule has 1 N–H and O–H groups in total. The van der Waals surface area contributed by atoms with Crippen molar-refractivity contribution in [2.45, 2.75) is 25.7 Å². The molecule has 1 aliphatic carbocycles. The maximum Gasteiger partial charge on any atom is 0.354 e. The fourth-order valence-electron chi connectivity index (χ4n) is 3.41. The third-order valence-corrected chi connectivity index (χ3v) is 4.45. The van der Waals surface area contributed by atoms with Crippen molar-refractivity contribution < 1.29 is 14.7 Å². The molecule has 106 valence electrons. The van der Waals surface area contributed by atoms with Gasteiger partial charge in [-0.2, -0.15) is 0 Å². The van der Waals surface area contributed by atoms with Crippen LogP contribution in [0.3, 0.4) is 0 Å². The highest BCUT2D eigenvalue weighted by Gasteiger charge is 2.37. The molecule has 1 aliphatic heterocycles. The second-order valence-corrected chi connectivity index (χ2v) is 5.73. The number of aromatic nitrogens is 1. The molecule has 2 unspecified atom stereocenters. The Kier molecular flexibility index (Phi) is 3.42. The highest BCUT2D eigenvalue weighted by molar-refractivity contribution is 5.94. The van der Waals surface area contributed by atoms with E-state index in [9.17, 15) is 9.59 Å². The summed E-state index contributed by atoms with van der Waals surface area (Å²) in [5.41, 5.74) is 0.163. The van der Waals surface area contributed by atoms with Crippen LogP contribution in [0.5, 0.6) is 0 Å². The number of hydrogen-bond donors (Lipinski definition) is 1. The molecule has 5 nitrogen and oxygen atoms in total. The van der Waals surface area contributed by atoms with Crippen LogP contribution in [0.4, 0.5) is 0 Å². The van der Waals surface area contributed by atoms with Crippen molar-refractivity contribution in [2.24, 2.45) is 11.8 Å². The number of nitrogens with zero attached hydrogens (tertiary/aromatic N) is 2. The van der Waals surface area contributed by atoms with E-state index < -0.39 is 5.97 Å². The molecule has 0 spiro atoms. The average Bonchev–Trinajstić information content (AvgIpc) is 2.90. The molecule has 1 saturated heterocycles. The first-order valence-electron chi connectivity index (χ1n) is 7.15. The largest absolute Gasteiger partial charge is 0.477 e. The van der Waals surface area contributed by atoms with Crippen molar-refractivity contribution in [1.29, 1.82) is 0 Å². The van der Waals surface area contributed by atoms with Crippen LogP contribution in [0.1, 0.15) is 46.7 Å². The van der Waals surface area contributed by atoms with Gasteiger partial charge in [0.2, 0.25) is 0 Å². The van der Waals surface area contributed by atoms with E-state index in [1.54, 1.807) is 12.1 Å². The Morgan fingerprint density at radius 1 is 1.10 bits per heavy atom. The first-order valence-corrected chi connectivity index (χ1v) is 7.15. The van der Waals surface area contributed by atoms with Gasteiger partial charge >= 0.3 is 5.97 Å². The van der Waals surface area contributed by atoms with Gasteiger partial charge in [-0.3, -0.25) is 4.79 Å². The number of aromatic carboxylic acids is 1. The zero-order valence-corrected chi connectivity index (χ0v) is 11.3. The molecular weight excluding hydrogens is 256 g/mol. The van der Waals surface area contributed by atoms with Gasteiger partial charge in [-0.05, 0) is 36.8 Å². The van der Waals surface area contributed by atoms with Gasteiger partial charge in [0.15, 0.2) is 0 Å². The monoisotopic (exact) mass is 274 g/mol. The van der Waals surface area contributed by atoms with Gasteiger partial charge in [0.1, 0.15) is 11.4 Å². The predicted octanol–water partition coefficient (Wildman–Crippen LogP) is 2.04. The molecule has 1 amide bonds. The van der Waals surface area contributed by atoms with E-state index in [0.717, 1.165) is 13.1 Å². The summed E-state index contributed by atoms with van der Waals surface area (Å²) < 4.78 is 0. The number of likely N-dealkylation sites (tertiary alicyclic amines) is 1. The number of hydrogen-bond acceptors (Lipinski definition) is 3. The topological polar surface area (TPSA) is 70.5 Å². The van der Waals surface area contributed by atoms with Crippen LogP contribution >= 0.6 is 0 Å². The Morgan fingerprint density at radius 3 is 2.30 bits per heavy atom. The van der Waals surface area contributed by atoms with Gasteiger partial charge < -0.3 is 10.0 Å². The second kappa shape index (κ2) is 5.23. The van der Waals surface area contributed by atoms with Crippen LogP contribution in [0.25, 0.3) is 0 Å². The Hall–Kier alpha value is -1.91. The van der Waals surface area contributed by atoms with Crippen LogP contribution in [-0.4, -0.2) is 40.0 Å². The van der Waals surface area contributed by atoms with Crippen LogP contribution < -0.4 is 0 Å². The number of fused-ring (bicyclic) bond motifs is 1. The summed E-state index contributed by atoms with van der Waals surface area (Å²) in [6.07, 6.45) is 4.93. The number of carboxylic acids is 1. The second-order valence-electron chi connectivity index (χ2n) is 5.73. The first-order chi connectivity index (χ1) is 9.65. The first kappa shape index (κ1) is 13.1. The van der Waals surface area contributed by atoms with Crippen LogP contribution in [0, 0.1) is 11.8 Å². The zero-order valence-electron chi connectivity index (χ0n) is 11.3. The number of carboxylic acid groups (broad SMARTS) is 1. The number of amides is 1. The summed E-state index contributed by atoms with van der Waals surface area (Å²) in [5, 5.41) is 8.94. The molecule has 0 bridgehead atoms. The van der Waals surface area contributed by atoms with E-state index in [4.69, 9.17) is 5.11 Å². The van der Waals surface area contributed by atoms with Crippen LogP contribution in [-0.2, 0) is 0 Å². The summed E-state index contributed by atoms with van der Waals surface area (Å²) in [5.74, 6) is 0.00274. The maximum absolute atomic E-state index is 12.4. The number of pyridine rings is 1. The minimum atomic E-state index is -1.10. The van der Waals surface area contributed by atoms with Crippen LogP contribution in [0.15, 0.2) is 18.2 Å². The Labute approximate surface area is 117 Å². The molecular formula is C15H18N2O3. The normalized spacial score (nSPS) is 25.3. The summed E-state index contributed by atoms with van der Waals surface area (Å²) >= 11 is 0. The Morgan fingerprint density at radius 2 is 1.70 bits per heavy atom. The maximum atomic E-state index is 12.4. The molecule has 5 heteroatoms. The fourth-order valence-corrected chi connectivity index (χ4v) is 3.41. The van der Waals surface area contributed by atoms with E-state index in [2.05, 4.69) is 4.98 Å². The molecule has 20 heavy (non-hydrogen) atoms. The molecule has 1 saturated carbocycles. The lowest BCUT2D eigenvalue weighted by Gasteiger charge is -2.22. The van der Waals surface area contributed by atoms with Gasteiger partial charge in [0.25, 0.3) is 5.91 Å². The molecule has 2 aliphatic rings. The summed E-state index contributed by atoms with van der Waals surface area (Å²) in [6.45, 7) is 1.59. The SMILES string of the molecule is O=C(O)c1cccc(C(=O)N2CC3CCCCC3C2)n1. The smallest absolute Gasteiger partial charge is 0.354 e. The quantitative estimate of drug-likeness (QED) is 0.896. The average molecular weight is 274 g/mol. The molecule has 1 aromatic heterocycles. The van der Waals surface area contributed by atoms with Crippen molar-refractivity contribution in [2.75, 3.05) is 13.1 Å². The molecule has 1 aromatic rings. The standard InChI is InChI=1S/C15H18N2O3/c18-14(12-6-3-7-13(16-12)15(19)20)17-8-10-4-1-2-5-11(10)9-17/h3,6-7,10-11H,1-2,4-5,8-9H2,(H,19,20). The van der Waals surface area contributed by atoms with Gasteiger partial charge in [0, 0.05) is 13.1 Å². The zero-order chi connectivity index (χ0) is 14.1. The van der Waals surface area contributed by atoms with Gasteiger partial charge in [0.05, 0.1) is 0 Å².